The van der Waals surface area contributed by atoms with Crippen molar-refractivity contribution in [3.8, 4) is 5.75 Å². The summed E-state index contributed by atoms with van der Waals surface area (Å²) in [5.41, 5.74) is 0.656. The number of carbonyl (C=O) groups excluding carboxylic acids is 1. The van der Waals surface area contributed by atoms with E-state index in [1.165, 1.54) is 0 Å². The number of benzene rings is 2. The summed E-state index contributed by atoms with van der Waals surface area (Å²) in [6, 6.07) is 10.0. The van der Waals surface area contributed by atoms with Crippen molar-refractivity contribution < 1.29 is 23.0 Å². The first-order chi connectivity index (χ1) is 10.1. The predicted molar refractivity (Wildman–Crippen MR) is 73.3 cm³/mol. The minimum atomic E-state index is -0.884. The van der Waals surface area contributed by atoms with Gasteiger partial charge in [-0.3, -0.25) is 4.79 Å². The summed E-state index contributed by atoms with van der Waals surface area (Å²) in [6.45, 7) is -0.0779. The molecule has 0 unspecified atom stereocenters. The van der Waals surface area contributed by atoms with Crippen LogP contribution in [0.5, 0.6) is 5.75 Å². The van der Waals surface area contributed by atoms with Gasteiger partial charge in [-0.2, -0.15) is 0 Å². The SMILES string of the molecule is COc1cccc(COCC(=O)c2ccc(F)cc2F)c1. The Balaban J connectivity index is 1.92. The zero-order chi connectivity index (χ0) is 15.2. The van der Waals surface area contributed by atoms with Gasteiger partial charge in [-0.1, -0.05) is 12.1 Å². The normalized spacial score (nSPS) is 10.4. The van der Waals surface area contributed by atoms with Crippen molar-refractivity contribution >= 4 is 5.78 Å². The number of ether oxygens (including phenoxy) is 2. The zero-order valence-corrected chi connectivity index (χ0v) is 11.4. The van der Waals surface area contributed by atoms with Gasteiger partial charge in [0.1, 0.15) is 24.0 Å². The van der Waals surface area contributed by atoms with Crippen molar-refractivity contribution in [1.82, 2.24) is 0 Å². The van der Waals surface area contributed by atoms with Crippen LogP contribution in [0.4, 0.5) is 8.78 Å². The smallest absolute Gasteiger partial charge is 0.191 e. The molecule has 0 N–H and O–H groups in total. The van der Waals surface area contributed by atoms with E-state index in [1.54, 1.807) is 25.3 Å². The molecular formula is C16H14F2O3. The molecule has 5 heteroatoms. The summed E-state index contributed by atoms with van der Waals surface area (Å²) in [4.78, 5) is 11.8. The summed E-state index contributed by atoms with van der Waals surface area (Å²) < 4.78 is 36.5. The number of ketones is 1. The van der Waals surface area contributed by atoms with Crippen molar-refractivity contribution in [1.29, 1.82) is 0 Å². The molecule has 0 amide bonds. The molecule has 2 aromatic rings. The highest BCUT2D eigenvalue weighted by atomic mass is 19.1. The second-order valence-corrected chi connectivity index (χ2v) is 4.39. The number of methoxy groups -OCH3 is 1. The van der Waals surface area contributed by atoms with E-state index < -0.39 is 17.4 Å². The van der Waals surface area contributed by atoms with Crippen LogP contribution in [-0.4, -0.2) is 19.5 Å². The lowest BCUT2D eigenvalue weighted by molar-refractivity contribution is 0.0722. The maximum Gasteiger partial charge on any atom is 0.191 e. The largest absolute Gasteiger partial charge is 0.497 e. The first-order valence-corrected chi connectivity index (χ1v) is 6.29. The lowest BCUT2D eigenvalue weighted by Gasteiger charge is -2.06. The van der Waals surface area contributed by atoms with Gasteiger partial charge in [-0.25, -0.2) is 8.78 Å². The Labute approximate surface area is 121 Å². The number of halogens is 2. The van der Waals surface area contributed by atoms with Crippen molar-refractivity contribution in [2.75, 3.05) is 13.7 Å². The Morgan fingerprint density at radius 3 is 2.67 bits per heavy atom. The van der Waals surface area contributed by atoms with Crippen LogP contribution in [0.15, 0.2) is 42.5 Å². The van der Waals surface area contributed by atoms with Gasteiger partial charge in [0.2, 0.25) is 0 Å². The molecule has 2 aromatic carbocycles. The van der Waals surface area contributed by atoms with E-state index in [2.05, 4.69) is 0 Å². The molecule has 2 rings (SSSR count). The van der Waals surface area contributed by atoms with Crippen molar-refractivity contribution in [2.45, 2.75) is 6.61 Å². The number of hydrogen-bond acceptors (Lipinski definition) is 3. The number of Topliss-reactive ketones (excluding diaryl/α,β-unsaturated/α-hetero) is 1. The Hall–Kier alpha value is -2.27. The summed E-state index contributed by atoms with van der Waals surface area (Å²) in [6.07, 6.45) is 0. The third-order valence-corrected chi connectivity index (χ3v) is 2.87. The molecule has 0 spiro atoms. The maximum atomic E-state index is 13.4. The van der Waals surface area contributed by atoms with Gasteiger partial charge in [0.25, 0.3) is 0 Å². The average molecular weight is 292 g/mol. The molecule has 0 saturated carbocycles. The molecule has 3 nitrogen and oxygen atoms in total. The van der Waals surface area contributed by atoms with Crippen molar-refractivity contribution in [2.24, 2.45) is 0 Å². The van der Waals surface area contributed by atoms with Crippen LogP contribution in [0.1, 0.15) is 15.9 Å². The Morgan fingerprint density at radius 2 is 1.95 bits per heavy atom. The summed E-state index contributed by atoms with van der Waals surface area (Å²) in [5.74, 6) is -1.45. The van der Waals surface area contributed by atoms with Crippen molar-refractivity contribution in [3.63, 3.8) is 0 Å². The van der Waals surface area contributed by atoms with E-state index in [-0.39, 0.29) is 18.8 Å². The highest BCUT2D eigenvalue weighted by molar-refractivity contribution is 5.97. The van der Waals surface area contributed by atoms with Crippen LogP contribution in [0.2, 0.25) is 0 Å². The third kappa shape index (κ3) is 4.10. The molecule has 0 saturated heterocycles. The second kappa shape index (κ2) is 6.95. The van der Waals surface area contributed by atoms with E-state index in [4.69, 9.17) is 9.47 Å². The molecule has 0 heterocycles. The van der Waals surface area contributed by atoms with E-state index in [0.717, 1.165) is 17.7 Å². The maximum absolute atomic E-state index is 13.4. The minimum absolute atomic E-state index is 0.179. The monoisotopic (exact) mass is 292 g/mol. The quantitative estimate of drug-likeness (QED) is 0.766. The molecule has 0 aromatic heterocycles. The first kappa shape index (κ1) is 15.1. The van der Waals surface area contributed by atoms with Gasteiger partial charge >= 0.3 is 0 Å². The summed E-state index contributed by atoms with van der Waals surface area (Å²) in [7, 11) is 1.56. The van der Waals surface area contributed by atoms with Crippen LogP contribution < -0.4 is 4.74 Å². The van der Waals surface area contributed by atoms with Crippen LogP contribution >= 0.6 is 0 Å². The first-order valence-electron chi connectivity index (χ1n) is 6.29. The lowest BCUT2D eigenvalue weighted by Crippen LogP contribution is -2.11. The summed E-state index contributed by atoms with van der Waals surface area (Å²) >= 11 is 0. The fourth-order valence-electron chi connectivity index (χ4n) is 1.82. The van der Waals surface area contributed by atoms with Crippen LogP contribution in [-0.2, 0) is 11.3 Å². The highest BCUT2D eigenvalue weighted by Crippen LogP contribution is 2.14. The Morgan fingerprint density at radius 1 is 1.14 bits per heavy atom. The second-order valence-electron chi connectivity index (χ2n) is 4.39. The van der Waals surface area contributed by atoms with Gasteiger partial charge in [0.05, 0.1) is 19.3 Å². The van der Waals surface area contributed by atoms with Crippen LogP contribution in [0.25, 0.3) is 0 Å². The molecule has 0 atom stereocenters. The molecule has 0 aliphatic carbocycles. The molecule has 21 heavy (non-hydrogen) atoms. The standard InChI is InChI=1S/C16H14F2O3/c1-20-13-4-2-3-11(7-13)9-21-10-16(19)14-6-5-12(17)8-15(14)18/h2-8H,9-10H2,1H3. The molecule has 110 valence electrons. The molecular weight excluding hydrogens is 278 g/mol. The minimum Gasteiger partial charge on any atom is -0.497 e. The molecule has 0 aliphatic heterocycles. The molecule has 0 fully saturated rings. The fraction of sp³-hybridized carbons (Fsp3) is 0.188. The van der Waals surface area contributed by atoms with E-state index in [0.29, 0.717) is 11.8 Å². The van der Waals surface area contributed by atoms with Crippen molar-refractivity contribution in [3.05, 3.63) is 65.2 Å². The van der Waals surface area contributed by atoms with Crippen LogP contribution in [0, 0.1) is 11.6 Å². The third-order valence-electron chi connectivity index (χ3n) is 2.87. The molecule has 0 radical (unpaired) electrons. The number of carbonyl (C=O) groups is 1. The van der Waals surface area contributed by atoms with Gasteiger partial charge < -0.3 is 9.47 Å². The molecule has 0 aliphatic rings. The van der Waals surface area contributed by atoms with E-state index >= 15 is 0 Å². The van der Waals surface area contributed by atoms with Gasteiger partial charge in [-0.05, 0) is 29.8 Å². The fourth-order valence-corrected chi connectivity index (χ4v) is 1.82. The van der Waals surface area contributed by atoms with E-state index in [1.807, 2.05) is 6.07 Å². The Kier molecular flexibility index (Phi) is 5.00. The average Bonchev–Trinajstić information content (AvgIpc) is 2.47. The van der Waals surface area contributed by atoms with Gasteiger partial charge in [0, 0.05) is 6.07 Å². The highest BCUT2D eigenvalue weighted by Gasteiger charge is 2.12. The number of hydrogen-bond donors (Lipinski definition) is 0. The summed E-state index contributed by atoms with van der Waals surface area (Å²) in [5, 5.41) is 0. The predicted octanol–water partition coefficient (Wildman–Crippen LogP) is 3.37. The van der Waals surface area contributed by atoms with Gasteiger partial charge in [-0.15, -0.1) is 0 Å². The zero-order valence-electron chi connectivity index (χ0n) is 11.4. The van der Waals surface area contributed by atoms with Gasteiger partial charge in [0.15, 0.2) is 5.78 Å². The molecule has 0 bridgehead atoms. The topological polar surface area (TPSA) is 35.5 Å². The number of rotatable bonds is 6. The van der Waals surface area contributed by atoms with E-state index in [9.17, 15) is 13.6 Å². The van der Waals surface area contributed by atoms with Crippen LogP contribution in [0.3, 0.4) is 0 Å². The lowest BCUT2D eigenvalue weighted by atomic mass is 10.1. The Bertz CT molecular complexity index is 641.